The maximum atomic E-state index is 12.1. The third kappa shape index (κ3) is 4.23. The predicted octanol–water partition coefficient (Wildman–Crippen LogP) is 3.21. The Morgan fingerprint density at radius 1 is 1.35 bits per heavy atom. The van der Waals surface area contributed by atoms with Gasteiger partial charge in [-0.05, 0) is 39.2 Å². The summed E-state index contributed by atoms with van der Waals surface area (Å²) in [7, 11) is 0. The molecule has 20 heavy (non-hydrogen) atoms. The van der Waals surface area contributed by atoms with Crippen LogP contribution in [0.2, 0.25) is 0 Å². The van der Waals surface area contributed by atoms with Gasteiger partial charge in [-0.2, -0.15) is 0 Å². The van der Waals surface area contributed by atoms with E-state index in [0.29, 0.717) is 13.2 Å². The molecule has 1 heterocycles. The second-order valence-corrected chi connectivity index (χ2v) is 6.02. The number of hydrogen-bond donors (Lipinski definition) is 0. The fourth-order valence-electron chi connectivity index (χ4n) is 2.22. The van der Waals surface area contributed by atoms with E-state index in [4.69, 9.17) is 9.47 Å². The van der Waals surface area contributed by atoms with E-state index >= 15 is 0 Å². The lowest BCUT2D eigenvalue weighted by atomic mass is 10.1. The van der Waals surface area contributed by atoms with Crippen molar-refractivity contribution in [3.8, 4) is 0 Å². The topological polar surface area (TPSA) is 38.8 Å². The van der Waals surface area contributed by atoms with E-state index in [1.807, 2.05) is 39.0 Å². The number of carbonyl (C=O) groups is 1. The Labute approximate surface area is 120 Å². The first kappa shape index (κ1) is 14.9. The van der Waals surface area contributed by atoms with Crippen LogP contribution in [0.1, 0.15) is 32.8 Å². The first-order valence-electron chi connectivity index (χ1n) is 7.11. The van der Waals surface area contributed by atoms with Crippen molar-refractivity contribution >= 4 is 6.09 Å². The van der Waals surface area contributed by atoms with Gasteiger partial charge in [0.2, 0.25) is 0 Å². The quantitative estimate of drug-likeness (QED) is 0.851. The summed E-state index contributed by atoms with van der Waals surface area (Å²) >= 11 is 0. The third-order valence-corrected chi connectivity index (χ3v) is 3.14. The number of rotatable bonds is 3. The third-order valence-electron chi connectivity index (χ3n) is 3.14. The summed E-state index contributed by atoms with van der Waals surface area (Å²) in [6.45, 7) is 6.81. The summed E-state index contributed by atoms with van der Waals surface area (Å²) in [6, 6.07) is 10.2. The predicted molar refractivity (Wildman–Crippen MR) is 77.4 cm³/mol. The van der Waals surface area contributed by atoms with Gasteiger partial charge >= 0.3 is 6.09 Å². The largest absolute Gasteiger partial charge is 0.444 e. The van der Waals surface area contributed by atoms with Crippen LogP contribution in [-0.2, 0) is 15.9 Å². The molecule has 0 aromatic heterocycles. The summed E-state index contributed by atoms with van der Waals surface area (Å²) in [6.07, 6.45) is 1.23. The number of hydrogen-bond acceptors (Lipinski definition) is 3. The highest BCUT2D eigenvalue weighted by Gasteiger charge is 2.32. The Bertz CT molecular complexity index is 439. The van der Waals surface area contributed by atoms with Crippen LogP contribution in [-0.4, -0.2) is 36.0 Å². The van der Waals surface area contributed by atoms with Crippen molar-refractivity contribution in [3.63, 3.8) is 0 Å². The summed E-state index contributed by atoms with van der Waals surface area (Å²) in [5.74, 6) is 0. The van der Waals surface area contributed by atoms with Gasteiger partial charge in [0.15, 0.2) is 0 Å². The molecule has 1 fully saturated rings. The zero-order valence-electron chi connectivity index (χ0n) is 12.5. The van der Waals surface area contributed by atoms with Gasteiger partial charge in [-0.25, -0.2) is 4.79 Å². The number of amides is 1. The van der Waals surface area contributed by atoms with E-state index in [-0.39, 0.29) is 12.3 Å². The maximum Gasteiger partial charge on any atom is 0.412 e. The molecule has 0 aliphatic carbocycles. The molecule has 0 spiro atoms. The highest BCUT2D eigenvalue weighted by atomic mass is 16.6. The van der Waals surface area contributed by atoms with Crippen LogP contribution in [0.15, 0.2) is 30.3 Å². The van der Waals surface area contributed by atoms with Crippen molar-refractivity contribution in [2.24, 2.45) is 0 Å². The van der Waals surface area contributed by atoms with Crippen LogP contribution >= 0.6 is 0 Å². The molecule has 2 rings (SSSR count). The van der Waals surface area contributed by atoms with Crippen LogP contribution in [0.5, 0.6) is 0 Å². The zero-order chi connectivity index (χ0) is 14.6. The summed E-state index contributed by atoms with van der Waals surface area (Å²) in [5, 5.41) is 0. The molecule has 0 bridgehead atoms. The molecular weight excluding hydrogens is 254 g/mol. The first-order chi connectivity index (χ1) is 9.46. The lowest BCUT2D eigenvalue weighted by molar-refractivity contribution is -0.0113. The van der Waals surface area contributed by atoms with E-state index in [0.717, 1.165) is 12.8 Å². The van der Waals surface area contributed by atoms with Crippen LogP contribution in [0, 0.1) is 0 Å². The van der Waals surface area contributed by atoms with Gasteiger partial charge in [-0.15, -0.1) is 0 Å². The molecule has 1 aromatic rings. The number of carbonyl (C=O) groups excluding carboxylic acids is 1. The summed E-state index contributed by atoms with van der Waals surface area (Å²) in [5.41, 5.74) is 0.788. The van der Waals surface area contributed by atoms with Gasteiger partial charge in [0.05, 0.1) is 13.2 Å². The van der Waals surface area contributed by atoms with E-state index in [1.165, 1.54) is 5.56 Å². The molecule has 1 atom stereocenters. The average molecular weight is 277 g/mol. The van der Waals surface area contributed by atoms with Crippen molar-refractivity contribution in [1.82, 2.24) is 4.90 Å². The number of nitrogens with zero attached hydrogens (tertiary/aromatic N) is 1. The molecule has 0 saturated carbocycles. The molecule has 1 unspecified atom stereocenters. The second kappa shape index (κ2) is 6.27. The van der Waals surface area contributed by atoms with Gasteiger partial charge in [0, 0.05) is 0 Å². The molecule has 1 amide bonds. The van der Waals surface area contributed by atoms with Crippen LogP contribution < -0.4 is 0 Å². The van der Waals surface area contributed by atoms with Gasteiger partial charge in [0.25, 0.3) is 0 Å². The molecule has 0 N–H and O–H groups in total. The minimum absolute atomic E-state index is 0.176. The van der Waals surface area contributed by atoms with Crippen LogP contribution in [0.3, 0.4) is 0 Å². The Hall–Kier alpha value is -1.55. The molecule has 0 radical (unpaired) electrons. The normalized spacial score (nSPS) is 19.1. The van der Waals surface area contributed by atoms with E-state index in [9.17, 15) is 4.79 Å². The fourth-order valence-corrected chi connectivity index (χ4v) is 2.22. The first-order valence-corrected chi connectivity index (χ1v) is 7.11. The van der Waals surface area contributed by atoms with E-state index < -0.39 is 5.60 Å². The zero-order valence-corrected chi connectivity index (χ0v) is 12.5. The highest BCUT2D eigenvalue weighted by Crippen LogP contribution is 2.19. The summed E-state index contributed by atoms with van der Waals surface area (Å²) in [4.78, 5) is 13.8. The standard InChI is InChI=1S/C16H23NO3/c1-16(2,3)20-15(18)17-11-12-19-14(17)10-9-13-7-5-4-6-8-13/h4-8,14H,9-12H2,1-3H3. The fraction of sp³-hybridized carbons (Fsp3) is 0.562. The van der Waals surface area contributed by atoms with Crippen molar-refractivity contribution in [2.75, 3.05) is 13.2 Å². The minimum Gasteiger partial charge on any atom is -0.444 e. The average Bonchev–Trinajstić information content (AvgIpc) is 2.84. The van der Waals surface area contributed by atoms with Gasteiger partial charge < -0.3 is 9.47 Å². The second-order valence-electron chi connectivity index (χ2n) is 6.02. The highest BCUT2D eigenvalue weighted by molar-refractivity contribution is 5.68. The Morgan fingerprint density at radius 3 is 2.70 bits per heavy atom. The van der Waals surface area contributed by atoms with Gasteiger partial charge in [-0.3, -0.25) is 4.90 Å². The SMILES string of the molecule is CC(C)(C)OC(=O)N1CCOC1CCc1ccccc1. The smallest absolute Gasteiger partial charge is 0.412 e. The molecular formula is C16H23NO3. The van der Waals surface area contributed by atoms with Crippen molar-refractivity contribution in [2.45, 2.75) is 45.4 Å². The van der Waals surface area contributed by atoms with Crippen molar-refractivity contribution in [1.29, 1.82) is 0 Å². The Morgan fingerprint density at radius 2 is 2.05 bits per heavy atom. The molecule has 1 aliphatic heterocycles. The summed E-state index contributed by atoms with van der Waals surface area (Å²) < 4.78 is 11.1. The monoisotopic (exact) mass is 277 g/mol. The van der Waals surface area contributed by atoms with Crippen LogP contribution in [0.4, 0.5) is 4.79 Å². The van der Waals surface area contributed by atoms with Crippen molar-refractivity contribution in [3.05, 3.63) is 35.9 Å². The lowest BCUT2D eigenvalue weighted by Gasteiger charge is -2.27. The lowest BCUT2D eigenvalue weighted by Crippen LogP contribution is -2.40. The number of aryl methyl sites for hydroxylation is 1. The molecule has 1 saturated heterocycles. The van der Waals surface area contributed by atoms with Gasteiger partial charge in [-0.1, -0.05) is 30.3 Å². The Balaban J connectivity index is 1.89. The number of ether oxygens (including phenoxy) is 2. The van der Waals surface area contributed by atoms with E-state index in [2.05, 4.69) is 12.1 Å². The van der Waals surface area contributed by atoms with Crippen LogP contribution in [0.25, 0.3) is 0 Å². The minimum atomic E-state index is -0.469. The van der Waals surface area contributed by atoms with Crippen molar-refractivity contribution < 1.29 is 14.3 Å². The van der Waals surface area contributed by atoms with E-state index in [1.54, 1.807) is 4.90 Å². The molecule has 110 valence electrons. The molecule has 4 heteroatoms. The van der Waals surface area contributed by atoms with Gasteiger partial charge in [0.1, 0.15) is 11.8 Å². The molecule has 1 aromatic carbocycles. The maximum absolute atomic E-state index is 12.1. The molecule has 1 aliphatic rings. The Kier molecular flexibility index (Phi) is 4.65. The molecule has 4 nitrogen and oxygen atoms in total. The number of benzene rings is 1.